The average Bonchev–Trinajstić information content (AvgIpc) is 3.23. The number of anilines is 1. The third-order valence-corrected chi connectivity index (χ3v) is 5.77. The minimum Gasteiger partial charge on any atom is -0.469 e. The number of ether oxygens (including phenoxy) is 2. The molecule has 11 nitrogen and oxygen atoms in total. The summed E-state index contributed by atoms with van der Waals surface area (Å²) < 4.78 is 9.41. The van der Waals surface area contributed by atoms with E-state index in [-0.39, 0.29) is 18.3 Å². The molecule has 35 heavy (non-hydrogen) atoms. The van der Waals surface area contributed by atoms with E-state index in [0.717, 1.165) is 25.7 Å². The number of hydrogen-bond donors (Lipinski definition) is 4. The van der Waals surface area contributed by atoms with E-state index in [0.29, 0.717) is 36.7 Å². The van der Waals surface area contributed by atoms with Gasteiger partial charge in [-0.2, -0.15) is 0 Å². The number of nitrogens with one attached hydrogen (secondary N) is 3. The molecule has 1 aliphatic heterocycles. The van der Waals surface area contributed by atoms with Gasteiger partial charge in [-0.3, -0.25) is 14.4 Å². The molecule has 11 heteroatoms. The number of aliphatic hydroxyl groups excluding tert-OH is 1. The first-order chi connectivity index (χ1) is 16.6. The number of carbonyl (C=O) groups is 3. The molecule has 1 aromatic heterocycles. The van der Waals surface area contributed by atoms with Gasteiger partial charge in [-0.25, -0.2) is 4.99 Å². The largest absolute Gasteiger partial charge is 0.469 e. The van der Waals surface area contributed by atoms with Gasteiger partial charge in [-0.15, -0.1) is 0 Å². The number of nitrogens with zero attached hydrogens (tertiary/aromatic N) is 2. The zero-order chi connectivity index (χ0) is 26.0. The van der Waals surface area contributed by atoms with Gasteiger partial charge in [-0.1, -0.05) is 33.6 Å². The van der Waals surface area contributed by atoms with Gasteiger partial charge in [0, 0.05) is 23.9 Å². The highest BCUT2D eigenvalue weighted by Crippen LogP contribution is 2.34. The molecule has 0 saturated carbocycles. The Morgan fingerprint density at radius 3 is 2.54 bits per heavy atom. The van der Waals surface area contributed by atoms with Crippen LogP contribution in [0.25, 0.3) is 0 Å². The third kappa shape index (κ3) is 8.66. The summed E-state index contributed by atoms with van der Waals surface area (Å²) >= 11 is 0. The lowest BCUT2D eigenvalue weighted by Crippen LogP contribution is -2.38. The molecule has 0 saturated heterocycles. The molecular weight excluding hydrogens is 454 g/mol. The van der Waals surface area contributed by atoms with Crippen molar-refractivity contribution in [3.8, 4) is 0 Å². The molecule has 0 radical (unpaired) electrons. The van der Waals surface area contributed by atoms with Crippen LogP contribution in [0.2, 0.25) is 0 Å². The predicted molar refractivity (Wildman–Crippen MR) is 132 cm³/mol. The van der Waals surface area contributed by atoms with Crippen molar-refractivity contribution in [3.05, 3.63) is 11.6 Å². The highest BCUT2D eigenvalue weighted by atomic mass is 16.5. The monoisotopic (exact) mass is 493 g/mol. The Morgan fingerprint density at radius 1 is 1.17 bits per heavy atom. The summed E-state index contributed by atoms with van der Waals surface area (Å²) in [5.41, 5.74) is 0.0972. The van der Waals surface area contributed by atoms with Crippen LogP contribution < -0.4 is 10.6 Å². The van der Waals surface area contributed by atoms with Crippen molar-refractivity contribution in [2.24, 2.45) is 10.4 Å². The Labute approximate surface area is 206 Å². The summed E-state index contributed by atoms with van der Waals surface area (Å²) in [5, 5.41) is 16.7. The maximum Gasteiger partial charge on any atom is 0.322 e. The number of aromatic nitrogens is 1. The predicted octanol–water partition coefficient (Wildman–Crippen LogP) is 2.61. The van der Waals surface area contributed by atoms with E-state index in [1.54, 1.807) is 17.3 Å². The van der Waals surface area contributed by atoms with Crippen molar-refractivity contribution < 1.29 is 29.0 Å². The normalized spacial score (nSPS) is 15.9. The summed E-state index contributed by atoms with van der Waals surface area (Å²) in [6.45, 7) is 6.76. The van der Waals surface area contributed by atoms with Crippen molar-refractivity contribution in [3.63, 3.8) is 0 Å². The minimum atomic E-state index is -0.837. The number of aliphatic hydroxyl groups is 1. The van der Waals surface area contributed by atoms with E-state index in [1.807, 2.05) is 20.8 Å². The van der Waals surface area contributed by atoms with E-state index >= 15 is 0 Å². The summed E-state index contributed by atoms with van der Waals surface area (Å²) in [6, 6.07) is 1.18. The molecule has 2 rings (SSSR count). The molecule has 1 aliphatic rings. The molecule has 1 unspecified atom stereocenters. The number of carbonyl (C=O) groups excluding carboxylic acids is 3. The first-order valence-corrected chi connectivity index (χ1v) is 12.0. The molecule has 1 amide bonds. The molecule has 2 heterocycles. The summed E-state index contributed by atoms with van der Waals surface area (Å²) in [4.78, 5) is 44.6. The second-order valence-electron chi connectivity index (χ2n) is 9.61. The number of H-pyrrole nitrogens is 1. The SMILES string of the molecule is COC(=O)CC[C@@H](NCCCCCCN1C=Nc2[nH]c(NC(=O)C(C)(C)C)cc2C1O)C(=O)OC. The number of aromatic amines is 1. The number of unbranched alkanes of at least 4 members (excludes halogenated alkanes) is 3. The van der Waals surface area contributed by atoms with E-state index in [1.165, 1.54) is 14.2 Å². The smallest absolute Gasteiger partial charge is 0.322 e. The van der Waals surface area contributed by atoms with E-state index in [2.05, 4.69) is 25.3 Å². The van der Waals surface area contributed by atoms with Crippen molar-refractivity contribution in [1.29, 1.82) is 0 Å². The van der Waals surface area contributed by atoms with Gasteiger partial charge >= 0.3 is 11.9 Å². The molecule has 0 aromatic carbocycles. The number of aliphatic imine (C=N–C) groups is 1. The zero-order valence-corrected chi connectivity index (χ0v) is 21.3. The first kappa shape index (κ1) is 28.3. The van der Waals surface area contributed by atoms with Crippen LogP contribution in [0.15, 0.2) is 11.1 Å². The Morgan fingerprint density at radius 2 is 1.89 bits per heavy atom. The Kier molecular flexibility index (Phi) is 10.7. The van der Waals surface area contributed by atoms with Crippen LogP contribution in [0, 0.1) is 5.41 Å². The molecule has 0 bridgehead atoms. The van der Waals surface area contributed by atoms with Crippen LogP contribution >= 0.6 is 0 Å². The maximum absolute atomic E-state index is 12.2. The fourth-order valence-corrected chi connectivity index (χ4v) is 3.55. The van der Waals surface area contributed by atoms with Crippen LogP contribution in [0.3, 0.4) is 0 Å². The first-order valence-electron chi connectivity index (χ1n) is 12.0. The standard InChI is InChI=1S/C24H39N5O6/c1-24(2,3)23(33)28-18-14-16-20(27-18)26-15-29(21(16)31)13-9-7-6-8-12-25-17(22(32)35-5)10-11-19(30)34-4/h14-15,17,21,25,27,31H,6-13H2,1-5H3,(H,28,33)/t17-,21?/m1/s1. The minimum absolute atomic E-state index is 0.123. The molecule has 0 aliphatic carbocycles. The second kappa shape index (κ2) is 13.2. The number of rotatable bonds is 13. The van der Waals surface area contributed by atoms with Crippen molar-refractivity contribution in [1.82, 2.24) is 15.2 Å². The van der Waals surface area contributed by atoms with Crippen molar-refractivity contribution in [2.45, 2.75) is 71.6 Å². The van der Waals surface area contributed by atoms with Gasteiger partial charge in [-0.05, 0) is 31.9 Å². The lowest BCUT2D eigenvalue weighted by atomic mass is 9.96. The van der Waals surface area contributed by atoms with E-state index in [4.69, 9.17) is 4.74 Å². The number of esters is 2. The van der Waals surface area contributed by atoms with Crippen LogP contribution in [0.4, 0.5) is 11.6 Å². The van der Waals surface area contributed by atoms with Crippen LogP contribution in [0.5, 0.6) is 0 Å². The number of hydrogen-bond acceptors (Lipinski definition) is 9. The Bertz CT molecular complexity index is 891. The average molecular weight is 494 g/mol. The van der Waals surface area contributed by atoms with Gasteiger partial charge in [0.25, 0.3) is 0 Å². The van der Waals surface area contributed by atoms with Crippen LogP contribution in [0.1, 0.15) is 71.1 Å². The second-order valence-corrected chi connectivity index (χ2v) is 9.61. The topological polar surface area (TPSA) is 145 Å². The quantitative estimate of drug-likeness (QED) is 0.242. The van der Waals surface area contributed by atoms with Crippen molar-refractivity contribution >= 4 is 35.8 Å². The van der Waals surface area contributed by atoms with E-state index < -0.39 is 23.7 Å². The zero-order valence-electron chi connectivity index (χ0n) is 21.3. The molecule has 0 spiro atoms. The molecule has 2 atom stereocenters. The van der Waals surface area contributed by atoms with Crippen LogP contribution in [-0.2, 0) is 23.9 Å². The molecule has 0 fully saturated rings. The molecule has 4 N–H and O–H groups in total. The molecule has 196 valence electrons. The fraction of sp³-hybridized carbons (Fsp3) is 0.667. The lowest BCUT2D eigenvalue weighted by molar-refractivity contribution is -0.144. The number of methoxy groups -OCH3 is 2. The fourth-order valence-electron chi connectivity index (χ4n) is 3.55. The van der Waals surface area contributed by atoms with Gasteiger partial charge in [0.05, 0.1) is 20.6 Å². The summed E-state index contributed by atoms with van der Waals surface area (Å²) in [6.07, 6.45) is 4.86. The maximum atomic E-state index is 12.2. The van der Waals surface area contributed by atoms with Gasteiger partial charge in [0.15, 0.2) is 6.23 Å². The van der Waals surface area contributed by atoms with E-state index in [9.17, 15) is 19.5 Å². The highest BCUT2D eigenvalue weighted by Gasteiger charge is 2.27. The summed E-state index contributed by atoms with van der Waals surface area (Å²) in [5.74, 6) is 0.176. The Balaban J connectivity index is 1.70. The highest BCUT2D eigenvalue weighted by molar-refractivity contribution is 5.94. The van der Waals surface area contributed by atoms with Gasteiger partial charge in [0.2, 0.25) is 5.91 Å². The van der Waals surface area contributed by atoms with Gasteiger partial charge < -0.3 is 35.1 Å². The molecule has 1 aromatic rings. The van der Waals surface area contributed by atoms with Crippen molar-refractivity contribution in [2.75, 3.05) is 32.6 Å². The molecular formula is C24H39N5O6. The number of amides is 1. The third-order valence-electron chi connectivity index (χ3n) is 5.77. The Hall–Kier alpha value is -2.92. The number of fused-ring (bicyclic) bond motifs is 1. The van der Waals surface area contributed by atoms with Gasteiger partial charge in [0.1, 0.15) is 17.7 Å². The van der Waals surface area contributed by atoms with Crippen LogP contribution in [-0.4, -0.2) is 72.5 Å². The lowest BCUT2D eigenvalue weighted by Gasteiger charge is -2.28. The summed E-state index contributed by atoms with van der Waals surface area (Å²) in [7, 11) is 2.65.